The molecular formula is C16H20F2N4. The van der Waals surface area contributed by atoms with Gasteiger partial charge in [0.05, 0.1) is 17.5 Å². The SMILES string of the molecule is CC1(CN)CCN(Cc2cn[nH]c2-c2c(F)cccc2F)C1. The minimum absolute atomic E-state index is 0.0456. The van der Waals surface area contributed by atoms with Crippen LogP contribution in [0.4, 0.5) is 8.78 Å². The first-order chi connectivity index (χ1) is 10.5. The number of likely N-dealkylation sites (tertiary alicyclic amines) is 1. The number of H-pyrrole nitrogens is 1. The largest absolute Gasteiger partial charge is 0.330 e. The molecule has 2 aromatic rings. The third-order valence-electron chi connectivity index (χ3n) is 4.45. The van der Waals surface area contributed by atoms with Crippen LogP contribution in [0.25, 0.3) is 11.3 Å². The van der Waals surface area contributed by atoms with Gasteiger partial charge in [-0.2, -0.15) is 5.10 Å². The Hall–Kier alpha value is -1.79. The second-order valence-electron chi connectivity index (χ2n) is 6.34. The Morgan fingerprint density at radius 3 is 2.73 bits per heavy atom. The Balaban J connectivity index is 1.85. The molecule has 22 heavy (non-hydrogen) atoms. The molecule has 118 valence electrons. The van der Waals surface area contributed by atoms with E-state index in [1.165, 1.54) is 18.2 Å². The zero-order valence-electron chi connectivity index (χ0n) is 12.6. The number of rotatable bonds is 4. The molecule has 1 fully saturated rings. The van der Waals surface area contributed by atoms with Crippen LogP contribution < -0.4 is 5.73 Å². The summed E-state index contributed by atoms with van der Waals surface area (Å²) >= 11 is 0. The lowest BCUT2D eigenvalue weighted by atomic mass is 9.90. The van der Waals surface area contributed by atoms with Crippen LogP contribution in [0, 0.1) is 17.0 Å². The van der Waals surface area contributed by atoms with Crippen molar-refractivity contribution >= 4 is 0 Å². The summed E-state index contributed by atoms with van der Waals surface area (Å²) in [5.41, 5.74) is 7.10. The molecule has 4 nitrogen and oxygen atoms in total. The van der Waals surface area contributed by atoms with Gasteiger partial charge in [-0.1, -0.05) is 13.0 Å². The lowest BCUT2D eigenvalue weighted by Crippen LogP contribution is -2.31. The summed E-state index contributed by atoms with van der Waals surface area (Å²) in [5, 5.41) is 6.70. The van der Waals surface area contributed by atoms with E-state index in [1.807, 2.05) is 0 Å². The molecule has 1 unspecified atom stereocenters. The highest BCUT2D eigenvalue weighted by Crippen LogP contribution is 2.32. The van der Waals surface area contributed by atoms with Gasteiger partial charge in [-0.05, 0) is 37.1 Å². The minimum atomic E-state index is -0.585. The first-order valence-electron chi connectivity index (χ1n) is 7.41. The van der Waals surface area contributed by atoms with Crippen LogP contribution in [0.3, 0.4) is 0 Å². The van der Waals surface area contributed by atoms with Crippen molar-refractivity contribution in [3.63, 3.8) is 0 Å². The van der Waals surface area contributed by atoms with E-state index in [-0.39, 0.29) is 11.0 Å². The zero-order valence-corrected chi connectivity index (χ0v) is 12.6. The van der Waals surface area contributed by atoms with Crippen molar-refractivity contribution < 1.29 is 8.78 Å². The fourth-order valence-corrected chi connectivity index (χ4v) is 3.05. The van der Waals surface area contributed by atoms with E-state index in [1.54, 1.807) is 6.20 Å². The van der Waals surface area contributed by atoms with Crippen molar-refractivity contribution in [2.24, 2.45) is 11.1 Å². The quantitative estimate of drug-likeness (QED) is 0.912. The number of nitrogens with two attached hydrogens (primary N) is 1. The van der Waals surface area contributed by atoms with Crippen LogP contribution in [0.15, 0.2) is 24.4 Å². The summed E-state index contributed by atoms with van der Waals surface area (Å²) in [6.45, 7) is 5.23. The predicted molar refractivity (Wildman–Crippen MR) is 81.0 cm³/mol. The molecule has 0 bridgehead atoms. The molecule has 1 atom stereocenters. The highest BCUT2D eigenvalue weighted by molar-refractivity contribution is 5.64. The molecule has 0 radical (unpaired) electrons. The molecule has 2 heterocycles. The summed E-state index contributed by atoms with van der Waals surface area (Å²) in [5.74, 6) is -1.17. The van der Waals surface area contributed by atoms with Gasteiger partial charge >= 0.3 is 0 Å². The Labute approximate surface area is 128 Å². The Morgan fingerprint density at radius 2 is 2.09 bits per heavy atom. The monoisotopic (exact) mass is 306 g/mol. The maximum absolute atomic E-state index is 14.0. The van der Waals surface area contributed by atoms with E-state index >= 15 is 0 Å². The van der Waals surface area contributed by atoms with Gasteiger partial charge in [0.15, 0.2) is 0 Å². The number of aromatic amines is 1. The van der Waals surface area contributed by atoms with Crippen LogP contribution in [0.5, 0.6) is 0 Å². The first-order valence-corrected chi connectivity index (χ1v) is 7.41. The van der Waals surface area contributed by atoms with Crippen LogP contribution in [-0.4, -0.2) is 34.7 Å². The summed E-state index contributed by atoms with van der Waals surface area (Å²) in [6, 6.07) is 3.87. The van der Waals surface area contributed by atoms with Crippen LogP contribution >= 0.6 is 0 Å². The van der Waals surface area contributed by atoms with E-state index in [0.717, 1.165) is 25.1 Å². The highest BCUT2D eigenvalue weighted by atomic mass is 19.1. The number of benzene rings is 1. The topological polar surface area (TPSA) is 57.9 Å². The van der Waals surface area contributed by atoms with E-state index in [9.17, 15) is 8.78 Å². The second-order valence-corrected chi connectivity index (χ2v) is 6.34. The molecule has 3 rings (SSSR count). The third kappa shape index (κ3) is 2.76. The molecule has 1 aliphatic rings. The number of nitrogens with zero attached hydrogens (tertiary/aromatic N) is 2. The van der Waals surface area contributed by atoms with Gasteiger partial charge in [-0.25, -0.2) is 8.78 Å². The average molecular weight is 306 g/mol. The van der Waals surface area contributed by atoms with Gasteiger partial charge in [0.25, 0.3) is 0 Å². The normalized spacial score (nSPS) is 22.4. The zero-order chi connectivity index (χ0) is 15.7. The van der Waals surface area contributed by atoms with Gasteiger partial charge in [0.1, 0.15) is 11.6 Å². The Bertz CT molecular complexity index is 650. The fraction of sp³-hybridized carbons (Fsp3) is 0.438. The fourth-order valence-electron chi connectivity index (χ4n) is 3.05. The molecule has 0 amide bonds. The molecule has 1 saturated heterocycles. The molecular weight excluding hydrogens is 286 g/mol. The van der Waals surface area contributed by atoms with Crippen molar-refractivity contribution in [2.45, 2.75) is 19.9 Å². The van der Waals surface area contributed by atoms with E-state index < -0.39 is 11.6 Å². The number of nitrogens with one attached hydrogen (secondary N) is 1. The molecule has 3 N–H and O–H groups in total. The van der Waals surface area contributed by atoms with E-state index in [4.69, 9.17) is 5.73 Å². The standard InChI is InChI=1S/C16H20F2N4/c1-16(9-19)5-6-22(10-16)8-11-7-20-21-15(11)14-12(17)3-2-4-13(14)18/h2-4,7H,5-6,8-10,19H2,1H3,(H,20,21). The molecule has 1 aliphatic heterocycles. The third-order valence-corrected chi connectivity index (χ3v) is 4.45. The van der Waals surface area contributed by atoms with E-state index in [0.29, 0.717) is 18.8 Å². The molecule has 0 spiro atoms. The minimum Gasteiger partial charge on any atom is -0.330 e. The van der Waals surface area contributed by atoms with Gasteiger partial charge in [0.2, 0.25) is 0 Å². The predicted octanol–water partition coefficient (Wildman–Crippen LogP) is 2.53. The van der Waals surface area contributed by atoms with Crippen molar-refractivity contribution in [1.29, 1.82) is 0 Å². The number of halogens is 2. The number of hydrogen-bond donors (Lipinski definition) is 2. The van der Waals surface area contributed by atoms with Gasteiger partial charge < -0.3 is 5.73 Å². The smallest absolute Gasteiger partial charge is 0.135 e. The van der Waals surface area contributed by atoms with Crippen LogP contribution in [-0.2, 0) is 6.54 Å². The Kier molecular flexibility index (Phi) is 3.97. The van der Waals surface area contributed by atoms with Crippen LogP contribution in [0.2, 0.25) is 0 Å². The van der Waals surface area contributed by atoms with Gasteiger partial charge in [-0.3, -0.25) is 10.00 Å². The molecule has 0 saturated carbocycles. The van der Waals surface area contributed by atoms with Gasteiger partial charge in [-0.15, -0.1) is 0 Å². The average Bonchev–Trinajstić information content (AvgIpc) is 3.08. The van der Waals surface area contributed by atoms with Crippen LogP contribution in [0.1, 0.15) is 18.9 Å². The van der Waals surface area contributed by atoms with Crippen molar-refractivity contribution in [2.75, 3.05) is 19.6 Å². The van der Waals surface area contributed by atoms with E-state index in [2.05, 4.69) is 22.0 Å². The number of hydrogen-bond acceptors (Lipinski definition) is 3. The first kappa shape index (κ1) is 15.1. The lowest BCUT2D eigenvalue weighted by molar-refractivity contribution is 0.274. The highest BCUT2D eigenvalue weighted by Gasteiger charge is 2.32. The Morgan fingerprint density at radius 1 is 1.36 bits per heavy atom. The molecule has 1 aromatic carbocycles. The van der Waals surface area contributed by atoms with Crippen molar-refractivity contribution in [3.8, 4) is 11.3 Å². The molecule has 0 aliphatic carbocycles. The maximum atomic E-state index is 14.0. The maximum Gasteiger partial charge on any atom is 0.135 e. The second kappa shape index (κ2) is 5.78. The summed E-state index contributed by atoms with van der Waals surface area (Å²) in [6.07, 6.45) is 2.67. The van der Waals surface area contributed by atoms with Crippen molar-refractivity contribution in [1.82, 2.24) is 15.1 Å². The molecule has 1 aromatic heterocycles. The summed E-state index contributed by atoms with van der Waals surface area (Å²) in [4.78, 5) is 2.25. The van der Waals surface area contributed by atoms with Crippen molar-refractivity contribution in [3.05, 3.63) is 41.6 Å². The summed E-state index contributed by atoms with van der Waals surface area (Å²) in [7, 11) is 0. The number of aromatic nitrogens is 2. The lowest BCUT2D eigenvalue weighted by Gasteiger charge is -2.22. The van der Waals surface area contributed by atoms with Gasteiger partial charge in [0, 0.05) is 18.7 Å². The summed E-state index contributed by atoms with van der Waals surface area (Å²) < 4.78 is 27.9. The molecule has 6 heteroatoms.